The molecule has 1 aromatic carbocycles. The van der Waals surface area contributed by atoms with Crippen LogP contribution in [0.5, 0.6) is 0 Å². The highest BCUT2D eigenvalue weighted by Crippen LogP contribution is 2.41. The van der Waals surface area contributed by atoms with Crippen LogP contribution in [0.3, 0.4) is 0 Å². The number of thiophene rings is 1. The van der Waals surface area contributed by atoms with Crippen molar-refractivity contribution in [3.63, 3.8) is 0 Å². The maximum absolute atomic E-state index is 13.6. The first-order chi connectivity index (χ1) is 13.2. The van der Waals surface area contributed by atoms with Crippen LogP contribution in [0.4, 0.5) is 26.3 Å². The van der Waals surface area contributed by atoms with Gasteiger partial charge in [-0.15, -0.1) is 11.3 Å². The van der Waals surface area contributed by atoms with Crippen molar-refractivity contribution in [1.82, 2.24) is 14.6 Å². The maximum atomic E-state index is 13.6. The van der Waals surface area contributed by atoms with Crippen LogP contribution in [0, 0.1) is 0 Å². The Labute approximate surface area is 157 Å². The number of aromatic nitrogens is 3. The van der Waals surface area contributed by atoms with E-state index in [1.54, 1.807) is 23.6 Å². The van der Waals surface area contributed by atoms with Crippen LogP contribution in [0.25, 0.3) is 27.3 Å². The molecular weight excluding hydrogens is 404 g/mol. The number of halogens is 6. The van der Waals surface area contributed by atoms with Crippen molar-refractivity contribution >= 4 is 17.0 Å². The number of alkyl halides is 6. The molecule has 3 nitrogen and oxygen atoms in total. The molecule has 0 saturated heterocycles. The molecule has 0 aliphatic rings. The summed E-state index contributed by atoms with van der Waals surface area (Å²) >= 11 is 1.14. The molecule has 144 valence electrons. The molecule has 0 unspecified atom stereocenters. The minimum Gasteiger partial charge on any atom is -0.227 e. The lowest BCUT2D eigenvalue weighted by molar-refractivity contribution is -0.146. The Bertz CT molecular complexity index is 1130. The van der Waals surface area contributed by atoms with E-state index in [1.165, 1.54) is 24.3 Å². The topological polar surface area (TPSA) is 30.2 Å². The summed E-state index contributed by atoms with van der Waals surface area (Å²) in [5.74, 6) is 0. The summed E-state index contributed by atoms with van der Waals surface area (Å²) in [6.45, 7) is 0. The molecule has 4 aromatic rings. The molecule has 0 aliphatic carbocycles. The summed E-state index contributed by atoms with van der Waals surface area (Å²) in [5, 5.41) is 4.90. The minimum absolute atomic E-state index is 0.0689. The van der Waals surface area contributed by atoms with E-state index in [0.29, 0.717) is 10.9 Å². The Hall–Kier alpha value is -2.88. The highest BCUT2D eigenvalue weighted by atomic mass is 32.1. The second-order valence-corrected chi connectivity index (χ2v) is 6.77. The zero-order valence-electron chi connectivity index (χ0n) is 13.7. The molecule has 0 aliphatic heterocycles. The lowest BCUT2D eigenvalue weighted by Crippen LogP contribution is -2.14. The molecule has 0 spiro atoms. The second kappa shape index (κ2) is 6.33. The molecule has 0 radical (unpaired) electrons. The summed E-state index contributed by atoms with van der Waals surface area (Å²) < 4.78 is 81.8. The van der Waals surface area contributed by atoms with Gasteiger partial charge in [0.2, 0.25) is 0 Å². The smallest absolute Gasteiger partial charge is 0.227 e. The molecule has 0 bridgehead atoms. The monoisotopic (exact) mass is 413 g/mol. The van der Waals surface area contributed by atoms with Crippen LogP contribution >= 0.6 is 11.3 Å². The molecule has 0 saturated carbocycles. The number of hydrogen-bond acceptors (Lipinski definition) is 3. The molecule has 28 heavy (non-hydrogen) atoms. The van der Waals surface area contributed by atoms with Crippen molar-refractivity contribution < 1.29 is 26.3 Å². The highest BCUT2D eigenvalue weighted by Gasteiger charge is 2.42. The summed E-state index contributed by atoms with van der Waals surface area (Å²) in [7, 11) is 0. The normalized spacial score (nSPS) is 12.6. The van der Waals surface area contributed by atoms with Gasteiger partial charge in [0.1, 0.15) is 0 Å². The van der Waals surface area contributed by atoms with Gasteiger partial charge in [-0.3, -0.25) is 0 Å². The van der Waals surface area contributed by atoms with Gasteiger partial charge in [0.15, 0.2) is 17.0 Å². The van der Waals surface area contributed by atoms with Crippen LogP contribution in [0.2, 0.25) is 0 Å². The van der Waals surface area contributed by atoms with E-state index in [9.17, 15) is 26.3 Å². The Kier molecular flexibility index (Phi) is 4.18. The Morgan fingerprint density at radius 1 is 0.857 bits per heavy atom. The van der Waals surface area contributed by atoms with Gasteiger partial charge in [0.25, 0.3) is 0 Å². The van der Waals surface area contributed by atoms with Crippen molar-refractivity contribution in [2.75, 3.05) is 0 Å². The first-order valence-electron chi connectivity index (χ1n) is 7.84. The molecule has 0 fully saturated rings. The van der Waals surface area contributed by atoms with Crippen molar-refractivity contribution in [3.05, 3.63) is 65.3 Å². The third kappa shape index (κ3) is 3.13. The van der Waals surface area contributed by atoms with Crippen molar-refractivity contribution in [1.29, 1.82) is 0 Å². The molecule has 0 atom stereocenters. The summed E-state index contributed by atoms with van der Waals surface area (Å²) in [4.78, 5) is 4.52. The fraction of sp³-hybridized carbons (Fsp3) is 0.111. The molecule has 10 heteroatoms. The molecular formula is C18H9F6N3S. The first kappa shape index (κ1) is 18.5. The average Bonchev–Trinajstić information content (AvgIpc) is 3.28. The van der Waals surface area contributed by atoms with Crippen LogP contribution < -0.4 is 0 Å². The van der Waals surface area contributed by atoms with Gasteiger partial charge in [0, 0.05) is 0 Å². The van der Waals surface area contributed by atoms with Gasteiger partial charge in [0.05, 0.1) is 16.1 Å². The minimum atomic E-state index is -4.95. The van der Waals surface area contributed by atoms with Gasteiger partial charge in [-0.1, -0.05) is 36.4 Å². The van der Waals surface area contributed by atoms with Crippen LogP contribution in [0.1, 0.15) is 11.4 Å². The standard InChI is InChI=1S/C18H9F6N3S/c19-17(20,21)13-9-11(12-7-4-8-28-12)25-16-14(10-5-2-1-3-6-10)15(18(22,23)24)26-27(13)16/h1-9H. The first-order valence-corrected chi connectivity index (χ1v) is 8.71. The Balaban J connectivity index is 2.15. The van der Waals surface area contributed by atoms with Gasteiger partial charge in [-0.05, 0) is 23.1 Å². The van der Waals surface area contributed by atoms with Crippen LogP contribution in [0.15, 0.2) is 53.9 Å². The number of benzene rings is 1. The second-order valence-electron chi connectivity index (χ2n) is 5.82. The van der Waals surface area contributed by atoms with E-state index in [1.807, 2.05) is 0 Å². The summed E-state index contributed by atoms with van der Waals surface area (Å²) in [6.07, 6.45) is -9.87. The third-order valence-corrected chi connectivity index (χ3v) is 4.88. The highest BCUT2D eigenvalue weighted by molar-refractivity contribution is 7.13. The van der Waals surface area contributed by atoms with E-state index >= 15 is 0 Å². The van der Waals surface area contributed by atoms with Crippen LogP contribution in [-0.4, -0.2) is 14.6 Å². The Morgan fingerprint density at radius 2 is 1.57 bits per heavy atom. The SMILES string of the molecule is FC(F)(F)c1nn2c(C(F)(F)F)cc(-c3cccs3)nc2c1-c1ccccc1. The fourth-order valence-corrected chi connectivity index (χ4v) is 3.53. The number of nitrogens with zero attached hydrogens (tertiary/aromatic N) is 3. The van der Waals surface area contributed by atoms with E-state index in [4.69, 9.17) is 0 Å². The maximum Gasteiger partial charge on any atom is 0.435 e. The lowest BCUT2D eigenvalue weighted by atomic mass is 10.1. The Morgan fingerprint density at radius 3 is 2.14 bits per heavy atom. The molecule has 0 N–H and O–H groups in total. The van der Waals surface area contributed by atoms with E-state index < -0.39 is 35.0 Å². The number of rotatable bonds is 2. The van der Waals surface area contributed by atoms with Crippen LogP contribution in [-0.2, 0) is 12.4 Å². The zero-order valence-corrected chi connectivity index (χ0v) is 14.5. The predicted octanol–water partition coefficient (Wildman–Crippen LogP) is 6.16. The molecule has 3 aromatic heterocycles. The summed E-state index contributed by atoms with van der Waals surface area (Å²) in [5.41, 5.74) is -3.73. The molecule has 3 heterocycles. The number of fused-ring (bicyclic) bond motifs is 1. The van der Waals surface area contributed by atoms with Gasteiger partial charge in [-0.25, -0.2) is 9.50 Å². The largest absolute Gasteiger partial charge is 0.435 e. The van der Waals surface area contributed by atoms with Crippen molar-refractivity contribution in [2.45, 2.75) is 12.4 Å². The predicted molar refractivity (Wildman–Crippen MR) is 91.7 cm³/mol. The summed E-state index contributed by atoms with van der Waals surface area (Å²) in [6, 6.07) is 11.2. The molecule has 0 amide bonds. The van der Waals surface area contributed by atoms with Gasteiger partial charge < -0.3 is 0 Å². The lowest BCUT2D eigenvalue weighted by Gasteiger charge is -2.11. The molecule has 4 rings (SSSR count). The van der Waals surface area contributed by atoms with Crippen molar-refractivity contribution in [3.8, 4) is 21.7 Å². The van der Waals surface area contributed by atoms with E-state index in [-0.39, 0.29) is 15.8 Å². The van der Waals surface area contributed by atoms with E-state index in [0.717, 1.165) is 11.3 Å². The average molecular weight is 413 g/mol. The fourth-order valence-electron chi connectivity index (χ4n) is 2.84. The quantitative estimate of drug-likeness (QED) is 0.368. The van der Waals surface area contributed by atoms with Gasteiger partial charge in [-0.2, -0.15) is 31.4 Å². The third-order valence-electron chi connectivity index (χ3n) is 3.98. The van der Waals surface area contributed by atoms with Crippen molar-refractivity contribution in [2.24, 2.45) is 0 Å². The van der Waals surface area contributed by atoms with Gasteiger partial charge >= 0.3 is 12.4 Å². The zero-order chi connectivity index (χ0) is 20.1. The van der Waals surface area contributed by atoms with E-state index in [2.05, 4.69) is 10.1 Å². The number of hydrogen-bond donors (Lipinski definition) is 0.